The predicted molar refractivity (Wildman–Crippen MR) is 28.4 cm³/mol. The molecule has 0 aliphatic carbocycles. The lowest BCUT2D eigenvalue weighted by Gasteiger charge is -2.20. The summed E-state index contributed by atoms with van der Waals surface area (Å²) in [5, 5.41) is 10.6. The molecule has 0 aromatic rings. The number of aliphatic hydroxyl groups is 1. The third kappa shape index (κ3) is 1.42. The van der Waals surface area contributed by atoms with Crippen molar-refractivity contribution in [3.63, 3.8) is 0 Å². The van der Waals surface area contributed by atoms with Gasteiger partial charge in [-0.15, -0.1) is 0 Å². The first-order valence-electron chi connectivity index (χ1n) is 5.91. The highest BCUT2D eigenvalue weighted by Crippen LogP contribution is 2.04. The smallest absolute Gasteiger partial charge is 0.115 e. The first kappa shape index (κ1) is 1.47. The van der Waals surface area contributed by atoms with Crippen molar-refractivity contribution in [3.05, 3.63) is 0 Å². The fourth-order valence-corrected chi connectivity index (χ4v) is 0.312. The van der Waals surface area contributed by atoms with E-state index in [0.29, 0.717) is 0 Å². The van der Waals surface area contributed by atoms with E-state index < -0.39 is 31.6 Å². The average molecular weight is 127 g/mol. The summed E-state index contributed by atoms with van der Waals surface area (Å²) in [6.45, 7) is -6.62. The predicted octanol–water partition coefficient (Wildman–Crippen LogP) is -0.321. The second-order valence-corrected chi connectivity index (χ2v) is 1.16. The third-order valence-corrected chi connectivity index (χ3v) is 0.581. The van der Waals surface area contributed by atoms with Crippen LogP contribution in [0.5, 0.6) is 0 Å². The molecule has 0 amide bonds. The van der Waals surface area contributed by atoms with Crippen molar-refractivity contribution >= 4 is 0 Å². The second-order valence-electron chi connectivity index (χ2n) is 1.16. The van der Waals surface area contributed by atoms with E-state index in [-0.39, 0.29) is 0 Å². The highest BCUT2D eigenvalue weighted by atomic mass is 19.1. The molecular weight excluding hydrogens is 109 g/mol. The van der Waals surface area contributed by atoms with Crippen LogP contribution in [0.1, 0.15) is 17.3 Å². The number of rotatable bonds is 0. The van der Waals surface area contributed by atoms with E-state index >= 15 is 0 Å². The number of halogens is 1. The normalized spacial score (nSPS) is 91.8. The number of hydrogen-bond donors (Lipinski definition) is 2. The Hall–Kier alpha value is -0.150. The Balaban J connectivity index is 3.43. The monoisotopic (exact) mass is 127 g/mol. The van der Waals surface area contributed by atoms with Crippen LogP contribution in [0, 0.1) is 0 Å². The van der Waals surface area contributed by atoms with Gasteiger partial charge in [0.25, 0.3) is 0 Å². The van der Waals surface area contributed by atoms with Gasteiger partial charge in [-0.2, -0.15) is 0 Å². The Morgan fingerprint density at radius 3 is 3.38 bits per heavy atom. The molecule has 1 aliphatic rings. The van der Waals surface area contributed by atoms with Crippen LogP contribution >= 0.6 is 0 Å². The molecule has 0 saturated carbocycles. The standard InChI is InChI=1S/C5H10FNO/c6-4-1-5(8)3-7-2-4/h4-5,7-8H,1-3H2/i1D2,2D2,3D2,4D,5D. The largest absolute Gasteiger partial charge is 0.392 e. The molecule has 1 heterocycles. The van der Waals surface area contributed by atoms with Crippen molar-refractivity contribution in [2.24, 2.45) is 0 Å². The number of piperidine rings is 1. The van der Waals surface area contributed by atoms with Crippen molar-refractivity contribution < 1.29 is 20.5 Å². The molecule has 2 atom stereocenters. The van der Waals surface area contributed by atoms with Crippen molar-refractivity contribution in [1.82, 2.24) is 5.32 Å². The fraction of sp³-hybridized carbons (Fsp3) is 1.00. The number of β-amino-alcohol motifs (C(OH)–C–C–N with tert-alkyl or cyclic N) is 1. The van der Waals surface area contributed by atoms with Gasteiger partial charge in [-0.25, -0.2) is 4.39 Å². The maximum Gasteiger partial charge on any atom is 0.115 e. The van der Waals surface area contributed by atoms with Gasteiger partial charge in [-0.05, 0) is 0 Å². The minimum atomic E-state index is -4.01. The summed E-state index contributed by atoms with van der Waals surface area (Å²) in [7, 11) is 0. The van der Waals surface area contributed by atoms with Crippen LogP contribution < -0.4 is 5.32 Å². The Bertz CT molecular complexity index is 288. The van der Waals surface area contributed by atoms with Gasteiger partial charge in [0.05, 0.1) is 8.82 Å². The maximum atomic E-state index is 13.7. The van der Waals surface area contributed by atoms with E-state index in [1.54, 1.807) is 0 Å². The third-order valence-electron chi connectivity index (χ3n) is 0.581. The summed E-state index contributed by atoms with van der Waals surface area (Å²) in [5.41, 5.74) is 0. The molecule has 1 saturated heterocycles. The van der Waals surface area contributed by atoms with Gasteiger partial charge in [-0.3, -0.25) is 0 Å². The van der Waals surface area contributed by atoms with Crippen molar-refractivity contribution in [2.75, 3.05) is 13.0 Å². The molecular formula is C5H10FNO. The van der Waals surface area contributed by atoms with E-state index in [0.717, 1.165) is 0 Å². The minimum absolute atomic E-state index is 1.29. The molecule has 0 aromatic carbocycles. The van der Waals surface area contributed by atoms with Crippen LogP contribution in [-0.2, 0) is 0 Å². The second kappa shape index (κ2) is 2.42. The van der Waals surface area contributed by atoms with Gasteiger partial charge >= 0.3 is 0 Å². The fourth-order valence-electron chi connectivity index (χ4n) is 0.312. The molecule has 3 heteroatoms. The van der Waals surface area contributed by atoms with Crippen molar-refractivity contribution in [3.8, 4) is 0 Å². The molecule has 48 valence electrons. The summed E-state index contributed by atoms with van der Waals surface area (Å²) in [5.74, 6) is 0. The van der Waals surface area contributed by atoms with Crippen molar-refractivity contribution in [2.45, 2.75) is 18.6 Å². The molecule has 1 fully saturated rings. The number of nitrogens with one attached hydrogen (secondary N) is 1. The molecule has 1 rings (SSSR count). The zero-order valence-corrected chi connectivity index (χ0v) is 3.83. The molecule has 0 spiro atoms. The first-order valence-corrected chi connectivity index (χ1v) is 1.91. The van der Waals surface area contributed by atoms with Crippen LogP contribution in [0.15, 0.2) is 0 Å². The molecule has 2 unspecified atom stereocenters. The Kier molecular flexibility index (Phi) is 0.443. The molecule has 1 aliphatic heterocycles. The lowest BCUT2D eigenvalue weighted by Crippen LogP contribution is -2.40. The Morgan fingerprint density at radius 1 is 1.88 bits per heavy atom. The Labute approximate surface area is 58.9 Å². The van der Waals surface area contributed by atoms with Crippen LogP contribution in [0.2, 0.25) is 0 Å². The van der Waals surface area contributed by atoms with Crippen LogP contribution in [0.3, 0.4) is 0 Å². The van der Waals surface area contributed by atoms with Crippen LogP contribution in [-0.4, -0.2) is 30.3 Å². The van der Waals surface area contributed by atoms with Gasteiger partial charge in [0.15, 0.2) is 0 Å². The zero-order valence-electron chi connectivity index (χ0n) is 11.8. The van der Waals surface area contributed by atoms with Gasteiger partial charge in [0, 0.05) is 27.6 Å². The molecule has 2 N–H and O–H groups in total. The highest BCUT2D eigenvalue weighted by molar-refractivity contribution is 4.73. The quantitative estimate of drug-likeness (QED) is 0.467. The average Bonchev–Trinajstić information content (AvgIpc) is 1.98. The van der Waals surface area contributed by atoms with Crippen LogP contribution in [0.25, 0.3) is 0 Å². The molecule has 2 nitrogen and oxygen atoms in total. The summed E-state index contributed by atoms with van der Waals surface area (Å²) in [6, 6.07) is 0. The lowest BCUT2D eigenvalue weighted by atomic mass is 10.1. The van der Waals surface area contributed by atoms with Gasteiger partial charge < -0.3 is 10.4 Å². The van der Waals surface area contributed by atoms with E-state index in [4.69, 9.17) is 11.0 Å². The van der Waals surface area contributed by atoms with E-state index in [1.165, 1.54) is 5.32 Å². The minimum Gasteiger partial charge on any atom is -0.392 e. The number of hydrogen-bond acceptors (Lipinski definition) is 2. The van der Waals surface area contributed by atoms with E-state index in [1.807, 2.05) is 0 Å². The summed E-state index contributed by atoms with van der Waals surface area (Å²) < 4.78 is 70.2. The molecule has 0 radical (unpaired) electrons. The topological polar surface area (TPSA) is 32.3 Å². The van der Waals surface area contributed by atoms with E-state index in [9.17, 15) is 9.50 Å². The highest BCUT2D eigenvalue weighted by Gasteiger charge is 2.17. The molecule has 0 aromatic heterocycles. The van der Waals surface area contributed by atoms with Gasteiger partial charge in [0.2, 0.25) is 0 Å². The summed E-state index contributed by atoms with van der Waals surface area (Å²) in [4.78, 5) is 0. The maximum absolute atomic E-state index is 13.7. The molecule has 0 bridgehead atoms. The van der Waals surface area contributed by atoms with Gasteiger partial charge in [-0.1, -0.05) is 0 Å². The first-order chi connectivity index (χ1) is 6.71. The summed E-state index contributed by atoms with van der Waals surface area (Å²) >= 11 is 0. The van der Waals surface area contributed by atoms with Gasteiger partial charge in [0.1, 0.15) is 6.15 Å². The Morgan fingerprint density at radius 2 is 2.62 bits per heavy atom. The van der Waals surface area contributed by atoms with E-state index in [2.05, 4.69) is 0 Å². The summed E-state index contributed by atoms with van der Waals surface area (Å²) in [6.07, 6.45) is -11.4. The van der Waals surface area contributed by atoms with Crippen molar-refractivity contribution in [1.29, 1.82) is 0 Å². The number of alkyl halides is 1. The SMILES string of the molecule is [2H]C1([2H])NC([2H])([2H])C([2H])(F)C([2H])([2H])C1([2H])O. The lowest BCUT2D eigenvalue weighted by molar-refractivity contribution is 0.0967. The zero-order chi connectivity index (χ0) is 13.2. The molecule has 8 heavy (non-hydrogen) atoms. The van der Waals surface area contributed by atoms with Crippen LogP contribution in [0.4, 0.5) is 4.39 Å².